The van der Waals surface area contributed by atoms with Crippen LogP contribution in [-0.4, -0.2) is 35.1 Å². The summed E-state index contributed by atoms with van der Waals surface area (Å²) in [6, 6.07) is 8.54. The number of hydrogen-bond donors (Lipinski definition) is 1. The Morgan fingerprint density at radius 1 is 1.44 bits per heavy atom. The van der Waals surface area contributed by atoms with Crippen molar-refractivity contribution in [2.45, 2.75) is 12.5 Å². The molecular weight excluding hydrogens is 204 g/mol. The fraction of sp³-hybridized carbons (Fsp3) is 0.333. The molecule has 1 saturated heterocycles. The van der Waals surface area contributed by atoms with E-state index >= 15 is 0 Å². The van der Waals surface area contributed by atoms with Crippen molar-refractivity contribution in [2.24, 2.45) is 0 Å². The number of β-amino-alcohol motifs (C(OH)–C–C–N with tert-alkyl or cyclic N) is 1. The van der Waals surface area contributed by atoms with Crippen LogP contribution in [-0.2, 0) is 0 Å². The lowest BCUT2D eigenvalue weighted by atomic mass is 10.1. The van der Waals surface area contributed by atoms with Crippen molar-refractivity contribution < 1.29 is 9.90 Å². The lowest BCUT2D eigenvalue weighted by molar-refractivity contribution is 0.0765. The molecule has 1 amide bonds. The van der Waals surface area contributed by atoms with E-state index in [1.165, 1.54) is 0 Å². The number of hydrogen-bond acceptors (Lipinski definition) is 3. The molecule has 1 fully saturated rings. The van der Waals surface area contributed by atoms with Gasteiger partial charge in [-0.1, -0.05) is 0 Å². The topological polar surface area (TPSA) is 64.3 Å². The highest BCUT2D eigenvalue weighted by Gasteiger charge is 2.25. The third kappa shape index (κ3) is 2.05. The van der Waals surface area contributed by atoms with Gasteiger partial charge >= 0.3 is 0 Å². The van der Waals surface area contributed by atoms with Crippen LogP contribution in [0, 0.1) is 11.3 Å². The van der Waals surface area contributed by atoms with E-state index in [9.17, 15) is 9.90 Å². The number of rotatable bonds is 1. The minimum Gasteiger partial charge on any atom is -0.391 e. The van der Waals surface area contributed by atoms with Gasteiger partial charge in [0.15, 0.2) is 0 Å². The zero-order valence-corrected chi connectivity index (χ0v) is 8.76. The Bertz CT molecular complexity index is 433. The third-order valence-electron chi connectivity index (χ3n) is 2.71. The second kappa shape index (κ2) is 4.33. The van der Waals surface area contributed by atoms with Crippen LogP contribution in [0.2, 0.25) is 0 Å². The van der Waals surface area contributed by atoms with Crippen LogP contribution < -0.4 is 0 Å². The molecule has 0 aromatic heterocycles. The van der Waals surface area contributed by atoms with Gasteiger partial charge in [0.1, 0.15) is 0 Å². The predicted octanol–water partition coefficient (Wildman–Crippen LogP) is 0.765. The van der Waals surface area contributed by atoms with Crippen molar-refractivity contribution in [3.05, 3.63) is 35.4 Å². The number of nitriles is 1. The molecule has 82 valence electrons. The number of benzene rings is 1. The van der Waals surface area contributed by atoms with Crippen molar-refractivity contribution in [3.8, 4) is 6.07 Å². The van der Waals surface area contributed by atoms with Crippen LogP contribution >= 0.6 is 0 Å². The molecule has 1 aromatic rings. The molecule has 1 atom stereocenters. The number of carbonyl (C=O) groups excluding carboxylic acids is 1. The Kier molecular flexibility index (Phi) is 2.88. The molecule has 1 heterocycles. The van der Waals surface area contributed by atoms with E-state index in [1.54, 1.807) is 29.2 Å². The Balaban J connectivity index is 2.12. The SMILES string of the molecule is N#Cc1ccc(C(=O)N2CC[C@H](O)C2)cc1. The lowest BCUT2D eigenvalue weighted by Gasteiger charge is -2.15. The predicted molar refractivity (Wildman–Crippen MR) is 57.7 cm³/mol. The van der Waals surface area contributed by atoms with Crippen LogP contribution in [0.15, 0.2) is 24.3 Å². The molecule has 0 saturated carbocycles. The maximum atomic E-state index is 11.9. The largest absolute Gasteiger partial charge is 0.391 e. The van der Waals surface area contributed by atoms with E-state index in [4.69, 9.17) is 5.26 Å². The van der Waals surface area contributed by atoms with Gasteiger partial charge in [-0.25, -0.2) is 0 Å². The Morgan fingerprint density at radius 2 is 2.12 bits per heavy atom. The molecule has 16 heavy (non-hydrogen) atoms. The number of aliphatic hydroxyl groups excluding tert-OH is 1. The van der Waals surface area contributed by atoms with Crippen molar-refractivity contribution >= 4 is 5.91 Å². The standard InChI is InChI=1S/C12H12N2O2/c13-7-9-1-3-10(4-2-9)12(16)14-6-5-11(15)8-14/h1-4,11,15H,5-6,8H2/t11-/m0/s1. The summed E-state index contributed by atoms with van der Waals surface area (Å²) in [5.41, 5.74) is 1.10. The van der Waals surface area contributed by atoms with Crippen LogP contribution in [0.25, 0.3) is 0 Å². The van der Waals surface area contributed by atoms with Gasteiger partial charge in [0.2, 0.25) is 0 Å². The summed E-state index contributed by atoms with van der Waals surface area (Å²) in [6.07, 6.45) is 0.240. The molecule has 1 aliphatic rings. The minimum atomic E-state index is -0.401. The third-order valence-corrected chi connectivity index (χ3v) is 2.71. The summed E-state index contributed by atoms with van der Waals surface area (Å²) >= 11 is 0. The second-order valence-corrected chi connectivity index (χ2v) is 3.88. The normalized spacial score (nSPS) is 19.5. The summed E-state index contributed by atoms with van der Waals surface area (Å²) in [7, 11) is 0. The molecule has 4 heteroatoms. The fourth-order valence-corrected chi connectivity index (χ4v) is 1.80. The molecule has 4 nitrogen and oxygen atoms in total. The Hall–Kier alpha value is -1.86. The summed E-state index contributed by atoms with van der Waals surface area (Å²) in [6.45, 7) is 0.999. The maximum Gasteiger partial charge on any atom is 0.253 e. The molecular formula is C12H12N2O2. The van der Waals surface area contributed by atoms with Crippen molar-refractivity contribution in [1.82, 2.24) is 4.90 Å². The summed E-state index contributed by atoms with van der Waals surface area (Å²) < 4.78 is 0. The quantitative estimate of drug-likeness (QED) is 0.754. The first-order valence-corrected chi connectivity index (χ1v) is 5.18. The number of likely N-dealkylation sites (tertiary alicyclic amines) is 1. The van der Waals surface area contributed by atoms with E-state index in [0.717, 1.165) is 0 Å². The number of aliphatic hydroxyl groups is 1. The van der Waals surface area contributed by atoms with Gasteiger partial charge in [-0.2, -0.15) is 5.26 Å². The molecule has 1 N–H and O–H groups in total. The van der Waals surface area contributed by atoms with Gasteiger partial charge in [-0.05, 0) is 30.7 Å². The number of nitrogens with zero attached hydrogens (tertiary/aromatic N) is 2. The van der Waals surface area contributed by atoms with Gasteiger partial charge in [-0.15, -0.1) is 0 Å². The van der Waals surface area contributed by atoms with E-state index in [1.807, 2.05) is 6.07 Å². The smallest absolute Gasteiger partial charge is 0.253 e. The van der Waals surface area contributed by atoms with Crippen LogP contribution in [0.5, 0.6) is 0 Å². The highest BCUT2D eigenvalue weighted by molar-refractivity contribution is 5.94. The molecule has 1 aliphatic heterocycles. The van der Waals surface area contributed by atoms with E-state index < -0.39 is 6.10 Å². The maximum absolute atomic E-state index is 11.9. The van der Waals surface area contributed by atoms with Gasteiger partial charge in [0, 0.05) is 18.7 Å². The average molecular weight is 216 g/mol. The molecule has 0 radical (unpaired) electrons. The molecule has 2 rings (SSSR count). The Labute approximate surface area is 93.7 Å². The first-order valence-electron chi connectivity index (χ1n) is 5.18. The molecule has 0 spiro atoms. The Morgan fingerprint density at radius 3 is 2.62 bits per heavy atom. The van der Waals surface area contributed by atoms with E-state index in [-0.39, 0.29) is 5.91 Å². The molecule has 0 aliphatic carbocycles. The molecule has 0 bridgehead atoms. The second-order valence-electron chi connectivity index (χ2n) is 3.88. The summed E-state index contributed by atoms with van der Waals surface area (Å²) in [4.78, 5) is 13.6. The number of carbonyl (C=O) groups is 1. The molecule has 0 unspecified atom stereocenters. The van der Waals surface area contributed by atoms with Crippen LogP contribution in [0.3, 0.4) is 0 Å². The highest BCUT2D eigenvalue weighted by Crippen LogP contribution is 2.13. The van der Waals surface area contributed by atoms with Gasteiger partial charge in [-0.3, -0.25) is 4.79 Å². The van der Waals surface area contributed by atoms with E-state index in [0.29, 0.717) is 30.6 Å². The summed E-state index contributed by atoms with van der Waals surface area (Å²) in [5.74, 6) is -0.0824. The van der Waals surface area contributed by atoms with Crippen LogP contribution in [0.4, 0.5) is 0 Å². The lowest BCUT2D eigenvalue weighted by Crippen LogP contribution is -2.29. The fourth-order valence-electron chi connectivity index (χ4n) is 1.80. The van der Waals surface area contributed by atoms with Crippen molar-refractivity contribution in [2.75, 3.05) is 13.1 Å². The zero-order chi connectivity index (χ0) is 11.5. The monoisotopic (exact) mass is 216 g/mol. The van der Waals surface area contributed by atoms with Gasteiger partial charge < -0.3 is 10.0 Å². The van der Waals surface area contributed by atoms with Crippen molar-refractivity contribution in [3.63, 3.8) is 0 Å². The first-order chi connectivity index (χ1) is 7.70. The average Bonchev–Trinajstić information content (AvgIpc) is 2.75. The molecule has 1 aromatic carbocycles. The van der Waals surface area contributed by atoms with Gasteiger partial charge in [0.05, 0.1) is 17.7 Å². The first kappa shape index (κ1) is 10.7. The van der Waals surface area contributed by atoms with Crippen LogP contribution in [0.1, 0.15) is 22.3 Å². The van der Waals surface area contributed by atoms with E-state index in [2.05, 4.69) is 0 Å². The van der Waals surface area contributed by atoms with Gasteiger partial charge in [0.25, 0.3) is 5.91 Å². The highest BCUT2D eigenvalue weighted by atomic mass is 16.3. The zero-order valence-electron chi connectivity index (χ0n) is 8.76. The van der Waals surface area contributed by atoms with Crippen molar-refractivity contribution in [1.29, 1.82) is 5.26 Å². The number of amides is 1. The summed E-state index contributed by atoms with van der Waals surface area (Å²) in [5, 5.41) is 18.0. The minimum absolute atomic E-state index is 0.0824.